The van der Waals surface area contributed by atoms with E-state index in [1.54, 1.807) is 12.1 Å². The third-order valence-corrected chi connectivity index (χ3v) is 4.28. The standard InChI is InChI=1S/C13H12Cl2FNS/c1-8(12-4-5-13(15)18-12)17-7-9-2-3-10(14)6-11(9)16/h2-6,8,17H,7H2,1H3. The van der Waals surface area contributed by atoms with Crippen molar-refractivity contribution in [3.63, 3.8) is 0 Å². The van der Waals surface area contributed by atoms with Gasteiger partial charge in [0.1, 0.15) is 5.82 Å². The molecule has 5 heteroatoms. The summed E-state index contributed by atoms with van der Waals surface area (Å²) in [7, 11) is 0. The van der Waals surface area contributed by atoms with E-state index in [-0.39, 0.29) is 11.9 Å². The van der Waals surface area contributed by atoms with Crippen molar-refractivity contribution >= 4 is 34.5 Å². The van der Waals surface area contributed by atoms with E-state index < -0.39 is 0 Å². The summed E-state index contributed by atoms with van der Waals surface area (Å²) < 4.78 is 14.3. The Hall–Kier alpha value is -0.610. The first-order valence-electron chi connectivity index (χ1n) is 5.49. The van der Waals surface area contributed by atoms with Gasteiger partial charge >= 0.3 is 0 Å². The fraction of sp³-hybridized carbons (Fsp3) is 0.231. The van der Waals surface area contributed by atoms with Crippen LogP contribution in [0.5, 0.6) is 0 Å². The van der Waals surface area contributed by atoms with Crippen LogP contribution in [0.1, 0.15) is 23.4 Å². The minimum atomic E-state index is -0.286. The molecule has 1 aromatic carbocycles. The maximum Gasteiger partial charge on any atom is 0.129 e. The molecule has 0 aliphatic heterocycles. The Morgan fingerprint density at radius 3 is 2.67 bits per heavy atom. The summed E-state index contributed by atoms with van der Waals surface area (Å²) in [6.07, 6.45) is 0. The summed E-state index contributed by atoms with van der Waals surface area (Å²) in [6, 6.07) is 8.68. The summed E-state index contributed by atoms with van der Waals surface area (Å²) in [4.78, 5) is 1.13. The molecule has 2 rings (SSSR count). The molecule has 0 fully saturated rings. The smallest absolute Gasteiger partial charge is 0.129 e. The van der Waals surface area contributed by atoms with Gasteiger partial charge < -0.3 is 5.32 Å². The van der Waals surface area contributed by atoms with Gasteiger partial charge in [-0.2, -0.15) is 0 Å². The number of rotatable bonds is 4. The van der Waals surface area contributed by atoms with Gasteiger partial charge in [0.2, 0.25) is 0 Å². The maximum atomic E-state index is 13.6. The van der Waals surface area contributed by atoms with Gasteiger partial charge in [-0.05, 0) is 31.2 Å². The minimum Gasteiger partial charge on any atom is -0.305 e. The van der Waals surface area contributed by atoms with Crippen molar-refractivity contribution in [1.29, 1.82) is 0 Å². The molecule has 0 saturated heterocycles. The number of hydrogen-bond acceptors (Lipinski definition) is 2. The lowest BCUT2D eigenvalue weighted by molar-refractivity contribution is 0.549. The Bertz CT molecular complexity index is 542. The van der Waals surface area contributed by atoms with Crippen molar-refractivity contribution < 1.29 is 4.39 Å². The lowest BCUT2D eigenvalue weighted by Gasteiger charge is -2.12. The average molecular weight is 304 g/mol. The highest BCUT2D eigenvalue weighted by Gasteiger charge is 2.09. The van der Waals surface area contributed by atoms with Crippen LogP contribution in [-0.2, 0) is 6.54 Å². The van der Waals surface area contributed by atoms with E-state index in [9.17, 15) is 4.39 Å². The number of hydrogen-bond donors (Lipinski definition) is 1. The van der Waals surface area contributed by atoms with E-state index in [0.29, 0.717) is 17.1 Å². The highest BCUT2D eigenvalue weighted by Crippen LogP contribution is 2.27. The normalized spacial score (nSPS) is 12.7. The Labute approximate surface area is 120 Å². The number of benzene rings is 1. The first kappa shape index (κ1) is 13.8. The molecule has 1 atom stereocenters. The summed E-state index contributed by atoms with van der Waals surface area (Å²) >= 11 is 13.1. The highest BCUT2D eigenvalue weighted by molar-refractivity contribution is 7.16. The Kier molecular flexibility index (Phi) is 4.62. The number of thiophene rings is 1. The van der Waals surface area contributed by atoms with Gasteiger partial charge in [-0.1, -0.05) is 29.3 Å². The molecule has 0 aliphatic rings. The molecule has 1 unspecified atom stereocenters. The summed E-state index contributed by atoms with van der Waals surface area (Å²) in [5.74, 6) is -0.286. The van der Waals surface area contributed by atoms with Gasteiger partial charge in [0.25, 0.3) is 0 Å². The third kappa shape index (κ3) is 3.45. The second kappa shape index (κ2) is 6.02. The average Bonchev–Trinajstić information content (AvgIpc) is 2.74. The van der Waals surface area contributed by atoms with Gasteiger partial charge in [0, 0.05) is 28.0 Å². The zero-order chi connectivity index (χ0) is 13.1. The second-order valence-corrected chi connectivity index (χ2v) is 6.16. The Balaban J connectivity index is 1.99. The lowest BCUT2D eigenvalue weighted by atomic mass is 10.2. The SMILES string of the molecule is CC(NCc1ccc(Cl)cc1F)c1ccc(Cl)s1. The van der Waals surface area contributed by atoms with Crippen molar-refractivity contribution in [3.8, 4) is 0 Å². The molecular weight excluding hydrogens is 292 g/mol. The van der Waals surface area contributed by atoms with Crippen LogP contribution < -0.4 is 5.32 Å². The van der Waals surface area contributed by atoms with E-state index in [4.69, 9.17) is 23.2 Å². The number of halogens is 3. The van der Waals surface area contributed by atoms with Crippen molar-refractivity contribution in [2.24, 2.45) is 0 Å². The molecule has 0 amide bonds. The molecule has 0 bridgehead atoms. The van der Waals surface area contributed by atoms with Crippen molar-refractivity contribution in [2.45, 2.75) is 19.5 Å². The topological polar surface area (TPSA) is 12.0 Å². The summed E-state index contributed by atoms with van der Waals surface area (Å²) in [5.41, 5.74) is 0.605. The molecule has 1 aromatic heterocycles. The van der Waals surface area contributed by atoms with E-state index in [2.05, 4.69) is 5.32 Å². The zero-order valence-electron chi connectivity index (χ0n) is 9.71. The summed E-state index contributed by atoms with van der Waals surface area (Å²) in [6.45, 7) is 2.48. The predicted molar refractivity (Wildman–Crippen MR) is 76.0 cm³/mol. The fourth-order valence-corrected chi connectivity index (χ4v) is 2.84. The monoisotopic (exact) mass is 303 g/mol. The molecular formula is C13H12Cl2FNS. The van der Waals surface area contributed by atoms with E-state index in [0.717, 1.165) is 9.21 Å². The van der Waals surface area contributed by atoms with Crippen LogP contribution in [0.2, 0.25) is 9.36 Å². The van der Waals surface area contributed by atoms with Gasteiger partial charge in [0.05, 0.1) is 4.34 Å². The van der Waals surface area contributed by atoms with Gasteiger partial charge in [-0.3, -0.25) is 0 Å². The Morgan fingerprint density at radius 1 is 1.28 bits per heavy atom. The van der Waals surface area contributed by atoms with Crippen molar-refractivity contribution in [3.05, 3.63) is 55.9 Å². The van der Waals surface area contributed by atoms with Gasteiger partial charge in [-0.25, -0.2) is 4.39 Å². The van der Waals surface area contributed by atoms with E-state index >= 15 is 0 Å². The fourth-order valence-electron chi connectivity index (χ4n) is 1.59. The van der Waals surface area contributed by atoms with Crippen LogP contribution in [0.4, 0.5) is 4.39 Å². The predicted octanol–water partition coefficient (Wildman–Crippen LogP) is 5.04. The molecule has 1 N–H and O–H groups in total. The quantitative estimate of drug-likeness (QED) is 0.834. The third-order valence-electron chi connectivity index (χ3n) is 2.63. The van der Waals surface area contributed by atoms with Gasteiger partial charge in [-0.15, -0.1) is 11.3 Å². The van der Waals surface area contributed by atoms with Crippen LogP contribution in [0.3, 0.4) is 0 Å². The Morgan fingerprint density at radius 2 is 2.06 bits per heavy atom. The molecule has 1 nitrogen and oxygen atoms in total. The second-order valence-electron chi connectivity index (χ2n) is 3.98. The maximum absolute atomic E-state index is 13.6. The zero-order valence-corrected chi connectivity index (χ0v) is 12.0. The molecule has 2 aromatic rings. The molecule has 0 spiro atoms. The van der Waals surface area contributed by atoms with Crippen LogP contribution in [0.15, 0.2) is 30.3 Å². The lowest BCUT2D eigenvalue weighted by Crippen LogP contribution is -2.17. The molecule has 0 radical (unpaired) electrons. The van der Waals surface area contributed by atoms with E-state index in [1.165, 1.54) is 17.4 Å². The van der Waals surface area contributed by atoms with Crippen molar-refractivity contribution in [1.82, 2.24) is 5.32 Å². The van der Waals surface area contributed by atoms with Crippen molar-refractivity contribution in [2.75, 3.05) is 0 Å². The minimum absolute atomic E-state index is 0.137. The van der Waals surface area contributed by atoms with Crippen LogP contribution >= 0.6 is 34.5 Å². The first-order valence-corrected chi connectivity index (χ1v) is 7.06. The molecule has 18 heavy (non-hydrogen) atoms. The van der Waals surface area contributed by atoms with Crippen LogP contribution in [0, 0.1) is 5.82 Å². The molecule has 0 saturated carbocycles. The largest absolute Gasteiger partial charge is 0.305 e. The van der Waals surface area contributed by atoms with Gasteiger partial charge in [0.15, 0.2) is 0 Å². The van der Waals surface area contributed by atoms with Crippen LogP contribution in [0.25, 0.3) is 0 Å². The van der Waals surface area contributed by atoms with Crippen LogP contribution in [-0.4, -0.2) is 0 Å². The first-order chi connectivity index (χ1) is 8.56. The number of nitrogens with one attached hydrogen (secondary N) is 1. The van der Waals surface area contributed by atoms with E-state index in [1.807, 2.05) is 19.1 Å². The highest BCUT2D eigenvalue weighted by atomic mass is 35.5. The molecule has 96 valence electrons. The molecule has 0 aliphatic carbocycles. The molecule has 1 heterocycles. The summed E-state index contributed by atoms with van der Waals surface area (Å²) in [5, 5.41) is 3.67.